The van der Waals surface area contributed by atoms with E-state index < -0.39 is 11.6 Å². The molecular weight excluding hydrogens is 2180 g/mol. The first kappa shape index (κ1) is 112. The Morgan fingerprint density at radius 1 is 0.318 bits per heavy atom. The van der Waals surface area contributed by atoms with E-state index in [4.69, 9.17) is 163 Å². The lowest BCUT2D eigenvalue weighted by atomic mass is 9.73. The molecule has 0 saturated carbocycles. The largest absolute Gasteiger partial charge is 0.495 e. The predicted molar refractivity (Wildman–Crippen MR) is 590 cm³/mol. The summed E-state index contributed by atoms with van der Waals surface area (Å²) in [5.74, 6) is 5.53. The molecule has 5 spiro atoms. The molecule has 31 nitrogen and oxygen atoms in total. The van der Waals surface area contributed by atoms with Gasteiger partial charge in [0.1, 0.15) is 85.6 Å². The van der Waals surface area contributed by atoms with E-state index in [1.54, 1.807) is 74.9 Å². The molecule has 15 heterocycles. The highest BCUT2D eigenvalue weighted by molar-refractivity contribution is 9.11. The van der Waals surface area contributed by atoms with E-state index in [-0.39, 0.29) is 141 Å². The molecule has 798 valence electrons. The van der Waals surface area contributed by atoms with E-state index >= 15 is 0 Å². The second-order valence-corrected chi connectivity index (χ2v) is 45.8. The lowest BCUT2D eigenvalue weighted by molar-refractivity contribution is 0.0973. The van der Waals surface area contributed by atoms with Gasteiger partial charge in [0.05, 0.1) is 157 Å². The molecule has 10 fully saturated rings. The molecule has 10 atom stereocenters. The number of hydrogen-bond donors (Lipinski definition) is 5. The number of piperidine rings is 5. The minimum atomic E-state index is -0.636. The first-order valence-corrected chi connectivity index (χ1v) is 54.5. The lowest BCUT2D eigenvalue weighted by Gasteiger charge is -2.42. The van der Waals surface area contributed by atoms with Crippen LogP contribution >= 0.6 is 113 Å². The number of rotatable bonds is 11. The van der Waals surface area contributed by atoms with Crippen LogP contribution in [0.1, 0.15) is 156 Å². The molecule has 0 bridgehead atoms. The first-order chi connectivity index (χ1) is 70.1. The fourth-order valence-electron chi connectivity index (χ4n) is 23.2. The third-order valence-electron chi connectivity index (χ3n) is 33.0. The predicted octanol–water partition coefficient (Wildman–Crippen LogP) is 17.3. The van der Waals surface area contributed by atoms with Gasteiger partial charge in [-0.15, -0.1) is 0 Å². The van der Waals surface area contributed by atoms with Crippen LogP contribution < -0.4 is 85.7 Å². The van der Waals surface area contributed by atoms with Gasteiger partial charge in [-0.2, -0.15) is 0 Å². The highest BCUT2D eigenvalue weighted by atomic mass is 79.9. The third-order valence-corrected chi connectivity index (χ3v) is 37.8. The number of aryl methyl sites for hydroxylation is 5. The summed E-state index contributed by atoms with van der Waals surface area (Å²) in [6.45, 7) is 39.5. The van der Waals surface area contributed by atoms with Crippen molar-refractivity contribution in [3.63, 3.8) is 0 Å². The second-order valence-electron chi connectivity index (χ2n) is 41.5. The monoisotopic (exact) mass is 2300 g/mol. The number of benzene rings is 5. The number of methoxy groups -OCH3 is 1. The van der Waals surface area contributed by atoms with Crippen LogP contribution in [0.3, 0.4) is 0 Å². The van der Waals surface area contributed by atoms with E-state index in [0.29, 0.717) is 143 Å². The van der Waals surface area contributed by atoms with Crippen molar-refractivity contribution >= 4 is 142 Å². The fraction of sp³-hybridized carbons (Fsp3) is 0.528. The van der Waals surface area contributed by atoms with Crippen LogP contribution in [0, 0.1) is 108 Å². The van der Waals surface area contributed by atoms with Gasteiger partial charge in [-0.3, -0.25) is 46.8 Å². The SMILES string of the molecule is COc1ccc(-n2c(C)nc(N3CCC4(CC3)CO[C@H](C)[C@@H]4N)c(C)c2=O)c(Cl)c1Cl.Cc1c(N2CCC3(CC2)CO[C@H](C)[C@@H]3N)nc(C)n(-c2ccc(F)c(Cl)c2Cl)c1=O.Cc1c(N2CCC3(CC2)CO[C@H](C)[C@@H]3N)nc(C)n(-c2cccc(Br)c2Cl)c1=O.Cc1c(N2CCC3(CC2)CO[C@H](C)[C@@H]3N)nc(C)n(-c2cccc(Cl)c2Br)c1=O.Cc1c(N2CCC3(CC2)CO[C@H](C)[C@@H]3N)nc(C)n(-c2cccc(F)c2Cl)c1=O. The average Bonchev–Trinajstić information content (AvgIpc) is 1.34. The van der Waals surface area contributed by atoms with Crippen molar-refractivity contribution in [2.24, 2.45) is 55.7 Å². The van der Waals surface area contributed by atoms with Gasteiger partial charge < -0.3 is 81.6 Å². The van der Waals surface area contributed by atoms with Gasteiger partial charge >= 0.3 is 0 Å². The van der Waals surface area contributed by atoms with Gasteiger partial charge in [0.2, 0.25) is 0 Å². The van der Waals surface area contributed by atoms with Crippen LogP contribution in [0.25, 0.3) is 28.4 Å². The van der Waals surface area contributed by atoms with Crippen LogP contribution in [0.15, 0.2) is 112 Å². The number of nitrogens with zero attached hydrogens (tertiary/aromatic N) is 15. The Kier molecular flexibility index (Phi) is 34.2. The maximum Gasteiger partial charge on any atom is 0.263 e. The first-order valence-electron chi connectivity index (χ1n) is 50.2. The summed E-state index contributed by atoms with van der Waals surface area (Å²) in [6.07, 6.45) is 9.62. The Morgan fingerprint density at radius 2 is 0.554 bits per heavy atom. The molecule has 5 aromatic carbocycles. The maximum absolute atomic E-state index is 13.9. The molecule has 0 radical (unpaired) electrons. The summed E-state index contributed by atoms with van der Waals surface area (Å²) in [4.78, 5) is 101. The summed E-state index contributed by atoms with van der Waals surface area (Å²) < 4.78 is 70.7. The Bertz CT molecular complexity index is 6640. The molecule has 42 heteroatoms. The Balaban J connectivity index is 0.000000132. The van der Waals surface area contributed by atoms with Gasteiger partial charge in [0.15, 0.2) is 0 Å². The van der Waals surface area contributed by atoms with Crippen LogP contribution in [0.4, 0.5) is 37.9 Å². The van der Waals surface area contributed by atoms with Crippen molar-refractivity contribution < 1.29 is 37.2 Å². The lowest BCUT2D eigenvalue weighted by Crippen LogP contribution is -2.51. The Hall–Kier alpha value is -8.25. The molecule has 10 aliphatic rings. The van der Waals surface area contributed by atoms with Crippen molar-refractivity contribution in [1.82, 2.24) is 47.8 Å². The topological polar surface area (TPSA) is 376 Å². The molecular formula is C106H131Br2Cl7F2N20O11. The van der Waals surface area contributed by atoms with Gasteiger partial charge in [0.25, 0.3) is 27.8 Å². The van der Waals surface area contributed by atoms with Crippen LogP contribution in [0.5, 0.6) is 5.75 Å². The molecule has 0 unspecified atom stereocenters. The quantitative estimate of drug-likeness (QED) is 0.0751. The molecule has 0 aliphatic carbocycles. The minimum absolute atomic E-state index is 0.00292. The number of hydrogen-bond acceptors (Lipinski definition) is 26. The molecule has 148 heavy (non-hydrogen) atoms. The maximum atomic E-state index is 13.9. The second kappa shape index (κ2) is 45.0. The van der Waals surface area contributed by atoms with Crippen LogP contribution in [-0.2, 0) is 23.7 Å². The standard InChI is InChI=1S/C22H28Cl2N4O3.2C21H26BrClN4O2.C21H25Cl2FN4O2.C21H26ClFN4O2/c1-12-20(27-9-7-22(8-10-27)11-31-13(2)19(22)25)26-14(3)28(21(12)29)15-5-6-16(30-4)18(24)17(15)23;1-12-19(26-9-7-21(8-10-26)11-29-13(2)18(21)24)25-14(3)27(20(12)28)16-6-4-5-15(23)17(16)22;1-12-19(26-9-7-21(8-10-26)11-29-13(2)18(21)24)25-14(3)27(20(12)28)16-6-4-5-15(22)17(16)23;1-11-19(27-8-6-21(7-9-27)10-30-12(2)18(21)25)26-13(3)28(20(11)29)15-5-4-14(24)16(22)17(15)23;1-12-19(26-9-7-21(8-10-26)11-29-13(2)18(21)24)25-14(3)27(20(12)28)16-6-4-5-15(23)17(16)22/h5-6,13,19H,7-11,25H2,1-4H3;2*4-6,13,18H,7-11,24H2,1-3H3;4-5,12,18H,6-10,25H2,1-3H3;4-6,13,18H,7-11,24H2,1-3H3/t13-,19+;2*13-,18+;12-,18+;13-,18+/m11111/s1. The van der Waals surface area contributed by atoms with E-state index in [1.165, 1.54) is 45.1 Å². The fourth-order valence-corrected chi connectivity index (χ4v) is 25.4. The molecule has 10 N–H and O–H groups in total. The minimum Gasteiger partial charge on any atom is -0.495 e. The number of halogens is 11. The van der Waals surface area contributed by atoms with Crippen molar-refractivity contribution in [3.05, 3.63) is 243 Å². The Labute approximate surface area is 912 Å². The summed E-state index contributed by atoms with van der Waals surface area (Å²) >= 11 is 50.6. The molecule has 0 amide bonds. The van der Waals surface area contributed by atoms with E-state index in [2.05, 4.69) is 63.3 Å². The molecule has 10 aliphatic heterocycles. The highest BCUT2D eigenvalue weighted by Crippen LogP contribution is 2.50. The van der Waals surface area contributed by atoms with Crippen LogP contribution in [-0.4, -0.2) is 214 Å². The zero-order chi connectivity index (χ0) is 107. The van der Waals surface area contributed by atoms with Crippen molar-refractivity contribution in [3.8, 4) is 34.2 Å². The zero-order valence-electron chi connectivity index (χ0n) is 86.2. The average molecular weight is 2310 g/mol. The van der Waals surface area contributed by atoms with E-state index in [0.717, 1.165) is 159 Å². The number of aromatic nitrogens is 10. The van der Waals surface area contributed by atoms with Crippen LogP contribution in [0.2, 0.25) is 35.2 Å². The third kappa shape index (κ3) is 21.1. The number of nitrogens with two attached hydrogens (primary N) is 5. The molecule has 10 aromatic rings. The van der Waals surface area contributed by atoms with Gasteiger partial charge in [0, 0.05) is 127 Å². The summed E-state index contributed by atoms with van der Waals surface area (Å²) in [5.41, 5.74) is 36.7. The van der Waals surface area contributed by atoms with Gasteiger partial charge in [-0.1, -0.05) is 99.4 Å². The number of anilines is 5. The van der Waals surface area contributed by atoms with E-state index in [1.807, 2.05) is 85.7 Å². The molecule has 10 saturated heterocycles. The van der Waals surface area contributed by atoms with Gasteiger partial charge in [-0.05, 0) is 261 Å². The van der Waals surface area contributed by atoms with Crippen molar-refractivity contribution in [1.29, 1.82) is 0 Å². The van der Waals surface area contributed by atoms with Gasteiger partial charge in [-0.25, -0.2) is 33.7 Å². The van der Waals surface area contributed by atoms with Crippen molar-refractivity contribution in [2.75, 3.05) is 130 Å². The number of ether oxygens (including phenoxy) is 6. The summed E-state index contributed by atoms with van der Waals surface area (Å²) in [5, 5.41) is 1.26. The normalized spacial score (nSPS) is 23.5. The highest BCUT2D eigenvalue weighted by Gasteiger charge is 2.54. The smallest absolute Gasteiger partial charge is 0.263 e. The molecule has 20 rings (SSSR count). The van der Waals surface area contributed by atoms with Crippen molar-refractivity contribution in [2.45, 2.75) is 229 Å². The Morgan fingerprint density at radius 3 is 0.831 bits per heavy atom. The zero-order valence-corrected chi connectivity index (χ0v) is 94.7. The summed E-state index contributed by atoms with van der Waals surface area (Å²) in [7, 11) is 1.52. The molecule has 5 aromatic heterocycles. The van der Waals surface area contributed by atoms with E-state index in [9.17, 15) is 32.8 Å². The summed E-state index contributed by atoms with van der Waals surface area (Å²) in [6, 6.07) is 21.7.